The first-order chi connectivity index (χ1) is 9.72. The molecular formula is C16H14Br2N2. The lowest BCUT2D eigenvalue weighted by molar-refractivity contribution is 0.757. The van der Waals surface area contributed by atoms with Crippen LogP contribution in [0.2, 0.25) is 0 Å². The highest BCUT2D eigenvalue weighted by atomic mass is 79.9. The van der Waals surface area contributed by atoms with E-state index in [0.29, 0.717) is 0 Å². The van der Waals surface area contributed by atoms with E-state index in [0.717, 1.165) is 27.7 Å². The molecule has 2 nitrogen and oxygen atoms in total. The Balaban J connectivity index is 1.68. The summed E-state index contributed by atoms with van der Waals surface area (Å²) < 4.78 is 4.49. The second-order valence-corrected chi connectivity index (χ2v) is 6.48. The number of hydrogen-bond donors (Lipinski definition) is 1. The molecule has 0 radical (unpaired) electrons. The molecule has 1 heterocycles. The van der Waals surface area contributed by atoms with E-state index in [1.165, 1.54) is 10.9 Å². The molecule has 2 aromatic carbocycles. The molecule has 0 aliphatic carbocycles. The predicted molar refractivity (Wildman–Crippen MR) is 92.3 cm³/mol. The van der Waals surface area contributed by atoms with Crippen LogP contribution >= 0.6 is 31.9 Å². The summed E-state index contributed by atoms with van der Waals surface area (Å²) >= 11 is 6.99. The summed E-state index contributed by atoms with van der Waals surface area (Å²) in [5, 5.41) is 4.71. The summed E-state index contributed by atoms with van der Waals surface area (Å²) in [6.07, 6.45) is 2.14. The van der Waals surface area contributed by atoms with Crippen LogP contribution in [0.5, 0.6) is 0 Å². The van der Waals surface area contributed by atoms with Gasteiger partial charge >= 0.3 is 0 Å². The van der Waals surface area contributed by atoms with Crippen molar-refractivity contribution in [2.24, 2.45) is 0 Å². The van der Waals surface area contributed by atoms with Crippen molar-refractivity contribution < 1.29 is 0 Å². The monoisotopic (exact) mass is 392 g/mol. The van der Waals surface area contributed by atoms with Crippen LogP contribution in [0, 0.1) is 0 Å². The van der Waals surface area contributed by atoms with E-state index in [4.69, 9.17) is 0 Å². The number of fused-ring (bicyclic) bond motifs is 1. The van der Waals surface area contributed by atoms with Crippen molar-refractivity contribution in [3.8, 4) is 0 Å². The molecular weight excluding hydrogens is 380 g/mol. The number of aromatic nitrogens is 1. The Morgan fingerprint density at radius 2 is 1.80 bits per heavy atom. The van der Waals surface area contributed by atoms with Crippen LogP contribution < -0.4 is 5.32 Å². The minimum atomic E-state index is 0.899. The molecule has 20 heavy (non-hydrogen) atoms. The van der Waals surface area contributed by atoms with E-state index in [-0.39, 0.29) is 0 Å². The van der Waals surface area contributed by atoms with Gasteiger partial charge in [0, 0.05) is 44.8 Å². The van der Waals surface area contributed by atoms with Crippen LogP contribution in [0.1, 0.15) is 0 Å². The molecule has 3 aromatic rings. The van der Waals surface area contributed by atoms with Crippen LogP contribution in [0.15, 0.2) is 63.7 Å². The fourth-order valence-corrected chi connectivity index (χ4v) is 3.06. The summed E-state index contributed by atoms with van der Waals surface area (Å²) in [6.45, 7) is 1.84. The Labute approximate surface area is 135 Å². The standard InChI is InChI=1S/C16H14Br2N2/c17-13-2-1-3-15(11-13)19-7-9-20-8-6-12-10-14(18)4-5-16(12)20/h1-6,8,10-11,19H,7,9H2. The maximum absolute atomic E-state index is 3.51. The second kappa shape index (κ2) is 6.02. The third-order valence-electron chi connectivity index (χ3n) is 3.24. The number of nitrogens with zero attached hydrogens (tertiary/aromatic N) is 1. The lowest BCUT2D eigenvalue weighted by Gasteiger charge is -2.09. The topological polar surface area (TPSA) is 17.0 Å². The number of benzene rings is 2. The lowest BCUT2D eigenvalue weighted by Crippen LogP contribution is -2.09. The largest absolute Gasteiger partial charge is 0.383 e. The van der Waals surface area contributed by atoms with Gasteiger partial charge in [-0.2, -0.15) is 0 Å². The highest BCUT2D eigenvalue weighted by molar-refractivity contribution is 9.10. The number of anilines is 1. The summed E-state index contributed by atoms with van der Waals surface area (Å²) in [4.78, 5) is 0. The summed E-state index contributed by atoms with van der Waals surface area (Å²) in [5.74, 6) is 0. The van der Waals surface area contributed by atoms with Crippen molar-refractivity contribution in [1.82, 2.24) is 4.57 Å². The predicted octanol–water partition coefficient (Wildman–Crippen LogP) is 5.28. The van der Waals surface area contributed by atoms with Crippen molar-refractivity contribution in [3.05, 3.63) is 63.7 Å². The van der Waals surface area contributed by atoms with E-state index in [1.807, 2.05) is 12.1 Å². The third-order valence-corrected chi connectivity index (χ3v) is 4.23. The Morgan fingerprint density at radius 1 is 0.950 bits per heavy atom. The summed E-state index contributed by atoms with van der Waals surface area (Å²) in [5.41, 5.74) is 2.41. The average Bonchev–Trinajstić information content (AvgIpc) is 2.81. The average molecular weight is 394 g/mol. The smallest absolute Gasteiger partial charge is 0.0481 e. The van der Waals surface area contributed by atoms with Gasteiger partial charge in [-0.3, -0.25) is 0 Å². The maximum atomic E-state index is 3.51. The van der Waals surface area contributed by atoms with Gasteiger partial charge in [0.2, 0.25) is 0 Å². The van der Waals surface area contributed by atoms with E-state index >= 15 is 0 Å². The van der Waals surface area contributed by atoms with Gasteiger partial charge < -0.3 is 9.88 Å². The lowest BCUT2D eigenvalue weighted by atomic mass is 10.2. The zero-order valence-electron chi connectivity index (χ0n) is 10.8. The molecule has 0 aliphatic rings. The minimum Gasteiger partial charge on any atom is -0.383 e. The fourth-order valence-electron chi connectivity index (χ4n) is 2.29. The molecule has 0 saturated heterocycles. The molecule has 3 rings (SSSR count). The molecule has 0 spiro atoms. The van der Waals surface area contributed by atoms with Gasteiger partial charge in [-0.1, -0.05) is 37.9 Å². The Hall–Kier alpha value is -1.26. The number of hydrogen-bond acceptors (Lipinski definition) is 1. The van der Waals surface area contributed by atoms with E-state index in [1.54, 1.807) is 0 Å². The molecule has 102 valence electrons. The molecule has 0 unspecified atom stereocenters. The van der Waals surface area contributed by atoms with Gasteiger partial charge in [0.05, 0.1) is 0 Å². The van der Waals surface area contributed by atoms with E-state index < -0.39 is 0 Å². The Kier molecular flexibility index (Phi) is 4.13. The van der Waals surface area contributed by atoms with Crippen molar-refractivity contribution in [1.29, 1.82) is 0 Å². The first-order valence-electron chi connectivity index (χ1n) is 6.46. The number of rotatable bonds is 4. The highest BCUT2D eigenvalue weighted by Gasteiger charge is 2.01. The van der Waals surface area contributed by atoms with Crippen LogP contribution in [-0.2, 0) is 6.54 Å². The van der Waals surface area contributed by atoms with Gasteiger partial charge in [-0.25, -0.2) is 0 Å². The minimum absolute atomic E-state index is 0.899. The van der Waals surface area contributed by atoms with Gasteiger partial charge in [0.25, 0.3) is 0 Å². The molecule has 0 saturated carbocycles. The zero-order valence-corrected chi connectivity index (χ0v) is 14.0. The summed E-state index contributed by atoms with van der Waals surface area (Å²) in [6, 6.07) is 16.8. The van der Waals surface area contributed by atoms with Crippen molar-refractivity contribution in [3.63, 3.8) is 0 Å². The first-order valence-corrected chi connectivity index (χ1v) is 8.05. The van der Waals surface area contributed by atoms with Crippen molar-refractivity contribution in [2.45, 2.75) is 6.54 Å². The normalized spacial score (nSPS) is 10.9. The molecule has 1 N–H and O–H groups in total. The fraction of sp³-hybridized carbons (Fsp3) is 0.125. The number of halogens is 2. The molecule has 0 amide bonds. The molecule has 0 atom stereocenters. The molecule has 0 aliphatic heterocycles. The zero-order chi connectivity index (χ0) is 13.9. The molecule has 0 fully saturated rings. The van der Waals surface area contributed by atoms with Gasteiger partial charge in [0.15, 0.2) is 0 Å². The van der Waals surface area contributed by atoms with Crippen LogP contribution in [0.3, 0.4) is 0 Å². The Morgan fingerprint density at radius 3 is 2.65 bits per heavy atom. The Bertz CT molecular complexity index is 734. The van der Waals surface area contributed by atoms with Gasteiger partial charge in [-0.15, -0.1) is 0 Å². The highest BCUT2D eigenvalue weighted by Crippen LogP contribution is 2.21. The van der Waals surface area contributed by atoms with E-state index in [2.05, 4.69) is 84.3 Å². The summed E-state index contributed by atoms with van der Waals surface area (Å²) in [7, 11) is 0. The SMILES string of the molecule is Brc1cccc(NCCn2ccc3cc(Br)ccc32)c1. The van der Waals surface area contributed by atoms with E-state index in [9.17, 15) is 0 Å². The quantitative estimate of drug-likeness (QED) is 0.638. The molecule has 1 aromatic heterocycles. The van der Waals surface area contributed by atoms with Gasteiger partial charge in [0.1, 0.15) is 0 Å². The number of nitrogens with one attached hydrogen (secondary N) is 1. The third kappa shape index (κ3) is 3.07. The van der Waals surface area contributed by atoms with Crippen LogP contribution in [-0.4, -0.2) is 11.1 Å². The molecule has 4 heteroatoms. The van der Waals surface area contributed by atoms with Crippen molar-refractivity contribution >= 4 is 48.5 Å². The van der Waals surface area contributed by atoms with Crippen LogP contribution in [0.4, 0.5) is 5.69 Å². The first kappa shape index (κ1) is 13.7. The van der Waals surface area contributed by atoms with Crippen LogP contribution in [0.25, 0.3) is 10.9 Å². The van der Waals surface area contributed by atoms with Gasteiger partial charge in [-0.05, 0) is 42.5 Å². The van der Waals surface area contributed by atoms with Crippen molar-refractivity contribution in [2.75, 3.05) is 11.9 Å². The second-order valence-electron chi connectivity index (χ2n) is 4.65. The molecule has 0 bridgehead atoms. The maximum Gasteiger partial charge on any atom is 0.0481 e.